The zero-order valence-electron chi connectivity index (χ0n) is 11.9. The van der Waals surface area contributed by atoms with E-state index in [2.05, 4.69) is 25.2 Å². The number of fused-ring (bicyclic) bond motifs is 2. The summed E-state index contributed by atoms with van der Waals surface area (Å²) in [5.74, 6) is 0.752. The normalized spacial score (nSPS) is 34.9. The van der Waals surface area contributed by atoms with E-state index in [1.165, 1.54) is 30.6 Å². The molecular formula is C16H23NOS. The molecule has 0 spiro atoms. The average Bonchev–Trinajstić information content (AvgIpc) is 3.01. The maximum atomic E-state index is 5.86. The van der Waals surface area contributed by atoms with Crippen molar-refractivity contribution in [1.82, 2.24) is 5.32 Å². The molecule has 104 valence electrons. The quantitative estimate of drug-likeness (QED) is 0.916. The van der Waals surface area contributed by atoms with Crippen LogP contribution < -0.4 is 5.32 Å². The Bertz CT molecular complexity index is 471. The minimum Gasteiger partial charge on any atom is -0.377 e. The lowest BCUT2D eigenvalue weighted by molar-refractivity contribution is -0.112. The van der Waals surface area contributed by atoms with E-state index in [4.69, 9.17) is 4.74 Å². The van der Waals surface area contributed by atoms with Crippen molar-refractivity contribution < 1.29 is 4.74 Å². The maximum Gasteiger partial charge on any atom is 0.0685 e. The van der Waals surface area contributed by atoms with Crippen LogP contribution in [0.25, 0.3) is 0 Å². The number of rotatable bonds is 3. The summed E-state index contributed by atoms with van der Waals surface area (Å²) in [6, 6.07) is 3.07. The zero-order chi connectivity index (χ0) is 13.0. The Morgan fingerprint density at radius 2 is 2.32 bits per heavy atom. The molecule has 1 aromatic rings. The van der Waals surface area contributed by atoms with Crippen LogP contribution in [0.4, 0.5) is 0 Å². The molecule has 1 N–H and O–H groups in total. The van der Waals surface area contributed by atoms with Crippen LogP contribution in [0.3, 0.4) is 0 Å². The highest BCUT2D eigenvalue weighted by molar-refractivity contribution is 7.12. The Labute approximate surface area is 119 Å². The molecule has 19 heavy (non-hydrogen) atoms. The standard InChI is InChI=1S/C16H23NOS/c1-16(2)14(12-6-7-18-15(12)16)17-9-11-8-10-4-3-5-13(10)19-11/h8,12,14-15,17H,3-7,9H2,1-2H3. The second-order valence-corrected chi connectivity index (χ2v) is 8.16. The fourth-order valence-corrected chi connectivity index (χ4v) is 5.64. The van der Waals surface area contributed by atoms with Crippen molar-refractivity contribution in [1.29, 1.82) is 0 Å². The average molecular weight is 277 g/mol. The first-order valence-corrected chi connectivity index (χ1v) is 8.43. The molecule has 3 heteroatoms. The monoisotopic (exact) mass is 277 g/mol. The first-order chi connectivity index (χ1) is 9.16. The van der Waals surface area contributed by atoms with Crippen molar-refractivity contribution in [2.45, 2.75) is 58.2 Å². The Balaban J connectivity index is 1.42. The van der Waals surface area contributed by atoms with Crippen molar-refractivity contribution >= 4 is 11.3 Å². The van der Waals surface area contributed by atoms with Gasteiger partial charge in [-0.3, -0.25) is 0 Å². The molecule has 3 unspecified atom stereocenters. The molecule has 4 rings (SSSR count). The highest BCUT2D eigenvalue weighted by Crippen LogP contribution is 2.52. The van der Waals surface area contributed by atoms with Crippen LogP contribution in [0.15, 0.2) is 6.07 Å². The third-order valence-corrected chi connectivity index (χ3v) is 6.63. The van der Waals surface area contributed by atoms with Gasteiger partial charge in [0.25, 0.3) is 0 Å². The first kappa shape index (κ1) is 12.4. The molecule has 1 saturated carbocycles. The molecule has 2 aliphatic carbocycles. The van der Waals surface area contributed by atoms with Crippen LogP contribution in [0.1, 0.15) is 42.0 Å². The van der Waals surface area contributed by atoms with Gasteiger partial charge in [0.2, 0.25) is 0 Å². The number of hydrogen-bond acceptors (Lipinski definition) is 3. The van der Waals surface area contributed by atoms with Crippen molar-refractivity contribution in [3.05, 3.63) is 21.4 Å². The predicted molar refractivity (Wildman–Crippen MR) is 78.6 cm³/mol. The van der Waals surface area contributed by atoms with E-state index in [9.17, 15) is 0 Å². The van der Waals surface area contributed by atoms with Gasteiger partial charge in [0.05, 0.1) is 6.10 Å². The van der Waals surface area contributed by atoms with E-state index < -0.39 is 0 Å². The van der Waals surface area contributed by atoms with E-state index in [-0.39, 0.29) is 0 Å². The lowest BCUT2D eigenvalue weighted by atomic mass is 9.57. The van der Waals surface area contributed by atoms with E-state index in [0.717, 1.165) is 19.1 Å². The van der Waals surface area contributed by atoms with E-state index in [1.54, 1.807) is 10.4 Å². The molecule has 3 aliphatic rings. The molecule has 0 radical (unpaired) electrons. The van der Waals surface area contributed by atoms with Gasteiger partial charge in [0, 0.05) is 40.3 Å². The summed E-state index contributed by atoms with van der Waals surface area (Å²) in [6.45, 7) is 6.72. The molecule has 0 bridgehead atoms. The van der Waals surface area contributed by atoms with Gasteiger partial charge in [-0.15, -0.1) is 11.3 Å². The van der Waals surface area contributed by atoms with Gasteiger partial charge in [0.1, 0.15) is 0 Å². The number of ether oxygens (including phenoxy) is 1. The third-order valence-electron chi connectivity index (χ3n) is 5.39. The largest absolute Gasteiger partial charge is 0.377 e. The van der Waals surface area contributed by atoms with Crippen LogP contribution in [-0.4, -0.2) is 18.8 Å². The van der Waals surface area contributed by atoms with Gasteiger partial charge in [0.15, 0.2) is 0 Å². The van der Waals surface area contributed by atoms with Gasteiger partial charge in [-0.05, 0) is 37.3 Å². The van der Waals surface area contributed by atoms with Gasteiger partial charge in [-0.1, -0.05) is 13.8 Å². The van der Waals surface area contributed by atoms with Crippen LogP contribution in [-0.2, 0) is 24.1 Å². The molecule has 1 aliphatic heterocycles. The SMILES string of the molecule is CC1(C)C(NCc2cc3c(s2)CCC3)C2CCOC21. The fourth-order valence-electron chi connectivity index (χ4n) is 4.43. The topological polar surface area (TPSA) is 21.3 Å². The molecule has 3 atom stereocenters. The summed E-state index contributed by atoms with van der Waals surface area (Å²) in [4.78, 5) is 3.18. The maximum absolute atomic E-state index is 5.86. The summed E-state index contributed by atoms with van der Waals surface area (Å²) < 4.78 is 5.86. The molecular weight excluding hydrogens is 254 g/mol. The minimum absolute atomic E-state index is 0.307. The summed E-state index contributed by atoms with van der Waals surface area (Å²) >= 11 is 2.03. The van der Waals surface area contributed by atoms with Crippen LogP contribution in [0, 0.1) is 11.3 Å². The van der Waals surface area contributed by atoms with E-state index in [0.29, 0.717) is 17.6 Å². The Morgan fingerprint density at radius 3 is 3.16 bits per heavy atom. The van der Waals surface area contributed by atoms with E-state index in [1.807, 2.05) is 11.3 Å². The molecule has 2 heterocycles. The summed E-state index contributed by atoms with van der Waals surface area (Å²) in [5.41, 5.74) is 1.93. The molecule has 2 fully saturated rings. The number of thiophene rings is 1. The predicted octanol–water partition coefficient (Wildman–Crippen LogP) is 3.14. The zero-order valence-corrected chi connectivity index (χ0v) is 12.7. The van der Waals surface area contributed by atoms with Crippen molar-refractivity contribution in [2.75, 3.05) is 6.61 Å². The van der Waals surface area contributed by atoms with Crippen LogP contribution in [0.2, 0.25) is 0 Å². The van der Waals surface area contributed by atoms with Crippen molar-refractivity contribution in [3.8, 4) is 0 Å². The minimum atomic E-state index is 0.307. The fraction of sp³-hybridized carbons (Fsp3) is 0.750. The lowest BCUT2D eigenvalue weighted by Crippen LogP contribution is -2.65. The lowest BCUT2D eigenvalue weighted by Gasteiger charge is -2.55. The van der Waals surface area contributed by atoms with Crippen molar-refractivity contribution in [3.63, 3.8) is 0 Å². The number of aryl methyl sites for hydroxylation is 2. The Hall–Kier alpha value is -0.380. The Morgan fingerprint density at radius 1 is 1.42 bits per heavy atom. The first-order valence-electron chi connectivity index (χ1n) is 7.62. The van der Waals surface area contributed by atoms with E-state index >= 15 is 0 Å². The summed E-state index contributed by atoms with van der Waals surface area (Å²) in [5, 5.41) is 3.82. The smallest absolute Gasteiger partial charge is 0.0685 e. The second-order valence-electron chi connectivity index (χ2n) is 6.94. The van der Waals surface area contributed by atoms with Gasteiger partial charge < -0.3 is 10.1 Å². The third kappa shape index (κ3) is 1.82. The summed E-state index contributed by atoms with van der Waals surface area (Å²) in [6.07, 6.45) is 5.73. The summed E-state index contributed by atoms with van der Waals surface area (Å²) in [7, 11) is 0. The second kappa shape index (κ2) is 4.31. The van der Waals surface area contributed by atoms with Crippen LogP contribution >= 0.6 is 11.3 Å². The molecule has 1 aromatic heterocycles. The molecule has 1 saturated heterocycles. The van der Waals surface area contributed by atoms with Crippen LogP contribution in [0.5, 0.6) is 0 Å². The van der Waals surface area contributed by atoms with Gasteiger partial charge in [-0.25, -0.2) is 0 Å². The molecule has 0 aromatic carbocycles. The Kier molecular flexibility index (Phi) is 2.80. The number of nitrogens with one attached hydrogen (secondary N) is 1. The molecule has 2 nitrogen and oxygen atoms in total. The van der Waals surface area contributed by atoms with Crippen molar-refractivity contribution in [2.24, 2.45) is 11.3 Å². The van der Waals surface area contributed by atoms with Gasteiger partial charge >= 0.3 is 0 Å². The van der Waals surface area contributed by atoms with Gasteiger partial charge in [-0.2, -0.15) is 0 Å². The molecule has 0 amide bonds. The number of hydrogen-bond donors (Lipinski definition) is 1. The highest BCUT2D eigenvalue weighted by atomic mass is 32.1. The highest BCUT2D eigenvalue weighted by Gasteiger charge is 2.58.